The lowest BCUT2D eigenvalue weighted by molar-refractivity contribution is 0.402. The first-order valence-corrected chi connectivity index (χ1v) is 7.70. The molecule has 0 saturated carbocycles. The molecule has 21 heavy (non-hydrogen) atoms. The quantitative estimate of drug-likeness (QED) is 0.665. The van der Waals surface area contributed by atoms with Gasteiger partial charge in [-0.3, -0.25) is 5.10 Å². The summed E-state index contributed by atoms with van der Waals surface area (Å²) in [6.07, 6.45) is 1.32. The van der Waals surface area contributed by atoms with E-state index in [-0.39, 0.29) is 11.4 Å². The number of nitrogens with one attached hydrogen (secondary N) is 3. The van der Waals surface area contributed by atoms with Crippen molar-refractivity contribution in [2.45, 2.75) is 18.0 Å². The highest BCUT2D eigenvalue weighted by atomic mass is 32.2. The van der Waals surface area contributed by atoms with Gasteiger partial charge in [-0.25, -0.2) is 18.1 Å². The van der Waals surface area contributed by atoms with Crippen LogP contribution in [0.15, 0.2) is 29.4 Å². The van der Waals surface area contributed by atoms with Crippen LogP contribution in [0.3, 0.4) is 0 Å². The zero-order valence-corrected chi connectivity index (χ0v) is 12.6. The molecular weight excluding hydrogens is 294 g/mol. The second-order valence-electron chi connectivity index (χ2n) is 4.27. The van der Waals surface area contributed by atoms with Crippen molar-refractivity contribution in [3.63, 3.8) is 0 Å². The molecule has 0 spiro atoms. The molecule has 1 aromatic heterocycles. The number of rotatable bonds is 7. The fourth-order valence-electron chi connectivity index (χ4n) is 1.80. The largest absolute Gasteiger partial charge is 0.495 e. The first-order chi connectivity index (χ1) is 10.1. The number of nitrogens with zero attached hydrogens (tertiary/aromatic N) is 2. The van der Waals surface area contributed by atoms with Crippen molar-refractivity contribution in [3.05, 3.63) is 35.9 Å². The maximum Gasteiger partial charge on any atom is 0.244 e. The molecule has 2 aromatic rings. The summed E-state index contributed by atoms with van der Waals surface area (Å²) in [5, 5.41) is 9.23. The van der Waals surface area contributed by atoms with Gasteiger partial charge in [-0.05, 0) is 24.7 Å². The Morgan fingerprint density at radius 1 is 1.33 bits per heavy atom. The van der Waals surface area contributed by atoms with E-state index in [1.54, 1.807) is 19.2 Å². The summed E-state index contributed by atoms with van der Waals surface area (Å²) in [5.74, 6) is 0.726. The smallest absolute Gasteiger partial charge is 0.244 e. The number of sulfonamides is 1. The first kappa shape index (κ1) is 15.4. The summed E-state index contributed by atoms with van der Waals surface area (Å²) in [5.41, 5.74) is 0.846. The van der Waals surface area contributed by atoms with Gasteiger partial charge in [0.25, 0.3) is 0 Å². The Labute approximate surface area is 123 Å². The molecule has 0 atom stereocenters. The number of hydrogen-bond acceptors (Lipinski definition) is 6. The fourth-order valence-corrected chi connectivity index (χ4v) is 3.01. The number of H-pyrrole nitrogens is 1. The molecule has 0 fully saturated rings. The van der Waals surface area contributed by atoms with E-state index >= 15 is 0 Å². The van der Waals surface area contributed by atoms with Crippen LogP contribution in [0.2, 0.25) is 0 Å². The molecule has 9 heteroatoms. The van der Waals surface area contributed by atoms with Gasteiger partial charge in [0, 0.05) is 6.54 Å². The lowest BCUT2D eigenvalue weighted by Gasteiger charge is -2.12. The van der Waals surface area contributed by atoms with Crippen LogP contribution in [0.4, 0.5) is 0 Å². The molecule has 3 N–H and O–H groups in total. The van der Waals surface area contributed by atoms with Crippen molar-refractivity contribution < 1.29 is 13.2 Å². The summed E-state index contributed by atoms with van der Waals surface area (Å²) in [4.78, 5) is 3.96. The molecule has 0 amide bonds. The summed E-state index contributed by atoms with van der Waals surface area (Å²) < 4.78 is 32.4. The Morgan fingerprint density at radius 2 is 2.14 bits per heavy atom. The molecule has 0 aliphatic carbocycles. The number of aromatic amines is 1. The molecule has 0 aliphatic rings. The average molecular weight is 311 g/mol. The third kappa shape index (κ3) is 3.78. The van der Waals surface area contributed by atoms with Crippen LogP contribution in [-0.4, -0.2) is 37.8 Å². The molecule has 2 rings (SSSR count). The van der Waals surface area contributed by atoms with Crippen molar-refractivity contribution >= 4 is 10.0 Å². The molecular formula is C12H17N5O3S. The summed E-state index contributed by atoms with van der Waals surface area (Å²) in [6.45, 7) is 0.594. The van der Waals surface area contributed by atoms with Gasteiger partial charge in [0.2, 0.25) is 10.0 Å². The van der Waals surface area contributed by atoms with Gasteiger partial charge < -0.3 is 10.1 Å². The minimum Gasteiger partial charge on any atom is -0.495 e. The average Bonchev–Trinajstić information content (AvgIpc) is 2.99. The Morgan fingerprint density at radius 3 is 2.76 bits per heavy atom. The highest BCUT2D eigenvalue weighted by Crippen LogP contribution is 2.24. The van der Waals surface area contributed by atoms with Gasteiger partial charge >= 0.3 is 0 Å². The molecule has 0 saturated heterocycles. The van der Waals surface area contributed by atoms with Crippen LogP contribution in [-0.2, 0) is 23.1 Å². The maximum atomic E-state index is 12.4. The van der Waals surface area contributed by atoms with E-state index < -0.39 is 10.0 Å². The number of ether oxygens (including phenoxy) is 1. The summed E-state index contributed by atoms with van der Waals surface area (Å²) in [6, 6.07) is 5.03. The van der Waals surface area contributed by atoms with Gasteiger partial charge in [-0.2, -0.15) is 5.10 Å². The standard InChI is InChI=1S/C12H17N5O3S/c1-13-6-9-3-4-10(20-2)11(5-9)21(18,19)16-7-12-14-8-15-17-12/h3-5,8,13,16H,6-7H2,1-2H3,(H,14,15,17). The molecule has 1 aromatic carbocycles. The zero-order valence-electron chi connectivity index (χ0n) is 11.8. The third-order valence-electron chi connectivity index (χ3n) is 2.79. The Kier molecular flexibility index (Phi) is 4.89. The fraction of sp³-hybridized carbons (Fsp3) is 0.333. The minimum atomic E-state index is -3.71. The Hall–Kier alpha value is -1.97. The maximum absolute atomic E-state index is 12.4. The van der Waals surface area contributed by atoms with E-state index in [0.29, 0.717) is 18.1 Å². The molecule has 0 bridgehead atoms. The lowest BCUT2D eigenvalue weighted by atomic mass is 10.2. The SMILES string of the molecule is CNCc1ccc(OC)c(S(=O)(=O)NCc2ncn[nH]2)c1. The zero-order chi connectivity index (χ0) is 15.3. The van der Waals surface area contributed by atoms with Crippen molar-refractivity contribution in [3.8, 4) is 5.75 Å². The molecule has 0 radical (unpaired) electrons. The van der Waals surface area contributed by atoms with Gasteiger partial charge in [-0.15, -0.1) is 0 Å². The van der Waals surface area contributed by atoms with Crippen molar-refractivity contribution in [2.75, 3.05) is 14.2 Å². The lowest BCUT2D eigenvalue weighted by Crippen LogP contribution is -2.24. The van der Waals surface area contributed by atoms with Crippen molar-refractivity contribution in [2.24, 2.45) is 0 Å². The van der Waals surface area contributed by atoms with Crippen LogP contribution in [0.25, 0.3) is 0 Å². The van der Waals surface area contributed by atoms with E-state index in [9.17, 15) is 8.42 Å². The molecule has 8 nitrogen and oxygen atoms in total. The van der Waals surface area contributed by atoms with E-state index in [4.69, 9.17) is 4.74 Å². The summed E-state index contributed by atoms with van der Waals surface area (Å²) >= 11 is 0. The van der Waals surface area contributed by atoms with E-state index in [0.717, 1.165) is 5.56 Å². The van der Waals surface area contributed by atoms with E-state index in [1.165, 1.54) is 13.4 Å². The predicted molar refractivity (Wildman–Crippen MR) is 76.2 cm³/mol. The van der Waals surface area contributed by atoms with Crippen LogP contribution in [0.5, 0.6) is 5.75 Å². The molecule has 0 aliphatic heterocycles. The van der Waals surface area contributed by atoms with Gasteiger partial charge in [0.1, 0.15) is 22.8 Å². The number of methoxy groups -OCH3 is 1. The van der Waals surface area contributed by atoms with Crippen molar-refractivity contribution in [1.82, 2.24) is 25.2 Å². The monoisotopic (exact) mass is 311 g/mol. The second-order valence-corrected chi connectivity index (χ2v) is 6.01. The van der Waals surface area contributed by atoms with Crippen LogP contribution in [0, 0.1) is 0 Å². The van der Waals surface area contributed by atoms with Gasteiger partial charge in [0.05, 0.1) is 13.7 Å². The topological polar surface area (TPSA) is 109 Å². The summed E-state index contributed by atoms with van der Waals surface area (Å²) in [7, 11) is -0.485. The normalized spacial score (nSPS) is 11.5. The third-order valence-corrected chi connectivity index (χ3v) is 4.22. The van der Waals surface area contributed by atoms with Gasteiger partial charge in [-0.1, -0.05) is 6.07 Å². The molecule has 1 heterocycles. The minimum absolute atomic E-state index is 0.0295. The Balaban J connectivity index is 2.26. The number of hydrogen-bond donors (Lipinski definition) is 3. The first-order valence-electron chi connectivity index (χ1n) is 6.22. The van der Waals surface area contributed by atoms with Crippen LogP contribution in [0.1, 0.15) is 11.4 Å². The molecule has 114 valence electrons. The molecule has 0 unspecified atom stereocenters. The highest BCUT2D eigenvalue weighted by molar-refractivity contribution is 7.89. The highest BCUT2D eigenvalue weighted by Gasteiger charge is 2.20. The van der Waals surface area contributed by atoms with Crippen LogP contribution < -0.4 is 14.8 Å². The van der Waals surface area contributed by atoms with Gasteiger partial charge in [0.15, 0.2) is 0 Å². The number of benzene rings is 1. The predicted octanol–water partition coefficient (Wildman–Crippen LogP) is 0.0112. The van der Waals surface area contributed by atoms with E-state index in [1.807, 2.05) is 6.07 Å². The second kappa shape index (κ2) is 6.66. The van der Waals surface area contributed by atoms with Crippen LogP contribution >= 0.6 is 0 Å². The van der Waals surface area contributed by atoms with Crippen molar-refractivity contribution in [1.29, 1.82) is 0 Å². The number of aromatic nitrogens is 3. The Bertz CT molecular complexity index is 685. The van der Waals surface area contributed by atoms with E-state index in [2.05, 4.69) is 25.2 Å².